The zero-order valence-electron chi connectivity index (χ0n) is 17.3. The molecule has 1 aromatic carbocycles. The van der Waals surface area contributed by atoms with Crippen molar-refractivity contribution >= 4 is 40.9 Å². The molecule has 1 aromatic rings. The van der Waals surface area contributed by atoms with Crippen molar-refractivity contribution < 1.29 is 32.3 Å². The van der Waals surface area contributed by atoms with Gasteiger partial charge in [0.05, 0.1) is 16.5 Å². The van der Waals surface area contributed by atoms with Crippen LogP contribution in [0, 0.1) is 5.92 Å². The second-order valence-corrected chi connectivity index (χ2v) is 9.03. The lowest BCUT2D eigenvalue weighted by atomic mass is 9.85. The Labute approximate surface area is 188 Å². The van der Waals surface area contributed by atoms with Gasteiger partial charge in [0.2, 0.25) is 5.91 Å². The zero-order valence-corrected chi connectivity index (χ0v) is 18.9. The quantitative estimate of drug-likeness (QED) is 0.457. The number of thioether (sulfide) groups is 1. The highest BCUT2D eigenvalue weighted by Gasteiger charge is 2.30. The second-order valence-electron chi connectivity index (χ2n) is 7.58. The number of halogens is 5. The SMILES string of the molecule is CC(C)(F)C1CCNCC1.O=C(O)CCc1ccc(Cl)c(NC(=O)CSC(F)(F)F)c1. The molecule has 0 saturated carbocycles. The van der Waals surface area contributed by atoms with Crippen molar-refractivity contribution in [1.82, 2.24) is 5.32 Å². The number of hydrogen-bond donors (Lipinski definition) is 3. The first-order valence-corrected chi connectivity index (χ1v) is 11.0. The number of nitrogens with one attached hydrogen (secondary N) is 2. The molecular weight excluding hydrogens is 460 g/mol. The van der Waals surface area contributed by atoms with E-state index in [0.29, 0.717) is 5.56 Å². The Bertz CT molecular complexity index is 736. The summed E-state index contributed by atoms with van der Waals surface area (Å²) in [5.74, 6) is -2.32. The van der Waals surface area contributed by atoms with Crippen LogP contribution >= 0.6 is 23.4 Å². The minimum absolute atomic E-state index is 0.0983. The van der Waals surface area contributed by atoms with Crippen molar-refractivity contribution in [1.29, 1.82) is 0 Å². The summed E-state index contributed by atoms with van der Waals surface area (Å²) in [6.45, 7) is 5.34. The van der Waals surface area contributed by atoms with Gasteiger partial charge < -0.3 is 15.7 Å². The van der Waals surface area contributed by atoms with Crippen LogP contribution in [0.15, 0.2) is 18.2 Å². The molecule has 2 rings (SSSR count). The van der Waals surface area contributed by atoms with Gasteiger partial charge in [-0.3, -0.25) is 9.59 Å². The van der Waals surface area contributed by atoms with E-state index in [9.17, 15) is 27.2 Å². The number of amides is 1. The third-order valence-electron chi connectivity index (χ3n) is 4.61. The topological polar surface area (TPSA) is 78.4 Å². The maximum atomic E-state index is 13.2. The van der Waals surface area contributed by atoms with E-state index in [1.54, 1.807) is 19.9 Å². The molecule has 0 aromatic heterocycles. The van der Waals surface area contributed by atoms with Gasteiger partial charge in [-0.15, -0.1) is 0 Å². The molecule has 1 aliphatic rings. The Kier molecular flexibility index (Phi) is 11.1. The van der Waals surface area contributed by atoms with Gasteiger partial charge in [-0.2, -0.15) is 13.2 Å². The molecule has 1 aliphatic heterocycles. The van der Waals surface area contributed by atoms with Gasteiger partial charge in [-0.05, 0) is 81.6 Å². The number of aliphatic carboxylic acids is 1. The molecule has 3 N–H and O–H groups in total. The van der Waals surface area contributed by atoms with Crippen molar-refractivity contribution in [3.63, 3.8) is 0 Å². The summed E-state index contributed by atoms with van der Waals surface area (Å²) in [7, 11) is 0. The first kappa shape index (κ1) is 27.5. The molecule has 11 heteroatoms. The molecule has 5 nitrogen and oxygen atoms in total. The zero-order chi connectivity index (χ0) is 23.7. The predicted octanol–water partition coefficient (Wildman–Crippen LogP) is 5.28. The Morgan fingerprint density at radius 2 is 1.84 bits per heavy atom. The highest BCUT2D eigenvalue weighted by Crippen LogP contribution is 2.31. The number of aryl methyl sites for hydroxylation is 1. The largest absolute Gasteiger partial charge is 0.481 e. The van der Waals surface area contributed by atoms with E-state index in [0.717, 1.165) is 25.9 Å². The molecule has 1 amide bonds. The molecule has 0 bridgehead atoms. The maximum Gasteiger partial charge on any atom is 0.442 e. The third-order valence-corrected chi connectivity index (χ3v) is 5.67. The first-order chi connectivity index (χ1) is 14.3. The van der Waals surface area contributed by atoms with E-state index in [2.05, 4.69) is 10.6 Å². The van der Waals surface area contributed by atoms with Gasteiger partial charge in [-0.1, -0.05) is 17.7 Å². The van der Waals surface area contributed by atoms with Gasteiger partial charge in [0, 0.05) is 6.42 Å². The predicted molar refractivity (Wildman–Crippen MR) is 115 cm³/mol. The number of piperidine rings is 1. The van der Waals surface area contributed by atoms with Crippen molar-refractivity contribution in [2.45, 2.75) is 50.7 Å². The summed E-state index contributed by atoms with van der Waals surface area (Å²) in [6, 6.07) is 4.48. The third kappa shape index (κ3) is 12.2. The van der Waals surface area contributed by atoms with Crippen LogP contribution in [0.4, 0.5) is 23.2 Å². The fraction of sp³-hybridized carbons (Fsp3) is 0.600. The Hall–Kier alpha value is -1.52. The summed E-state index contributed by atoms with van der Waals surface area (Å²) in [5, 5.41) is 14.2. The van der Waals surface area contributed by atoms with Crippen LogP contribution in [0.2, 0.25) is 5.02 Å². The Morgan fingerprint density at radius 3 is 2.32 bits per heavy atom. The van der Waals surface area contributed by atoms with E-state index < -0.39 is 40.6 Å². The van der Waals surface area contributed by atoms with Crippen LogP contribution in [0.3, 0.4) is 0 Å². The van der Waals surface area contributed by atoms with E-state index in [1.165, 1.54) is 12.1 Å². The van der Waals surface area contributed by atoms with Gasteiger partial charge in [0.25, 0.3) is 0 Å². The molecule has 0 spiro atoms. The lowest BCUT2D eigenvalue weighted by molar-refractivity contribution is -0.137. The number of carbonyl (C=O) groups excluding carboxylic acids is 1. The van der Waals surface area contributed by atoms with Crippen molar-refractivity contribution in [2.24, 2.45) is 5.92 Å². The Morgan fingerprint density at radius 1 is 1.23 bits per heavy atom. The summed E-state index contributed by atoms with van der Waals surface area (Å²) in [6.07, 6.45) is 2.11. The fourth-order valence-corrected chi connectivity index (χ4v) is 3.45. The second kappa shape index (κ2) is 12.5. The van der Waals surface area contributed by atoms with Crippen molar-refractivity contribution in [2.75, 3.05) is 24.2 Å². The molecule has 176 valence electrons. The summed E-state index contributed by atoms with van der Waals surface area (Å²) < 4.78 is 49.2. The molecule has 0 unspecified atom stereocenters. The highest BCUT2D eigenvalue weighted by atomic mass is 35.5. The Balaban J connectivity index is 0.000000399. The van der Waals surface area contributed by atoms with Crippen molar-refractivity contribution in [3.05, 3.63) is 28.8 Å². The van der Waals surface area contributed by atoms with Gasteiger partial charge >= 0.3 is 11.5 Å². The van der Waals surface area contributed by atoms with Crippen LogP contribution in [0.5, 0.6) is 0 Å². The fourth-order valence-electron chi connectivity index (χ4n) is 2.92. The smallest absolute Gasteiger partial charge is 0.442 e. The van der Waals surface area contributed by atoms with Gasteiger partial charge in [0.15, 0.2) is 0 Å². The molecule has 0 atom stereocenters. The lowest BCUT2D eigenvalue weighted by Gasteiger charge is -2.30. The van der Waals surface area contributed by atoms with E-state index in [4.69, 9.17) is 16.7 Å². The van der Waals surface area contributed by atoms with Crippen molar-refractivity contribution in [3.8, 4) is 0 Å². The number of carbonyl (C=O) groups is 2. The molecule has 0 aliphatic carbocycles. The average molecular weight is 487 g/mol. The summed E-state index contributed by atoms with van der Waals surface area (Å²) >= 11 is 5.39. The first-order valence-electron chi connectivity index (χ1n) is 9.68. The number of carboxylic acid groups (broad SMARTS) is 1. The molecule has 1 fully saturated rings. The number of carboxylic acids is 1. The van der Waals surface area contributed by atoms with E-state index in [1.807, 2.05) is 0 Å². The average Bonchev–Trinajstić information content (AvgIpc) is 2.67. The van der Waals surface area contributed by atoms with E-state index >= 15 is 0 Å². The van der Waals surface area contributed by atoms with Crippen LogP contribution in [0.25, 0.3) is 0 Å². The van der Waals surface area contributed by atoms with Gasteiger partial charge in [0.1, 0.15) is 5.67 Å². The minimum atomic E-state index is -4.48. The summed E-state index contributed by atoms with van der Waals surface area (Å²) in [5.41, 5.74) is -4.68. The maximum absolute atomic E-state index is 13.2. The number of alkyl halides is 4. The molecule has 1 saturated heterocycles. The molecular formula is C20H27ClF4N2O3S. The lowest BCUT2D eigenvalue weighted by Crippen LogP contribution is -2.36. The normalized spacial score (nSPS) is 15.1. The van der Waals surface area contributed by atoms with Crippen LogP contribution < -0.4 is 10.6 Å². The minimum Gasteiger partial charge on any atom is -0.481 e. The number of rotatable bonds is 7. The number of hydrogen-bond acceptors (Lipinski definition) is 4. The number of benzene rings is 1. The molecule has 1 heterocycles. The number of anilines is 1. The molecule has 31 heavy (non-hydrogen) atoms. The monoisotopic (exact) mass is 486 g/mol. The standard InChI is InChI=1S/C12H11ClF3NO3S.C8H16FN/c13-8-3-1-7(2-4-11(19)20)5-9(8)17-10(18)6-21-12(14,15)16;1-8(2,9)7-3-5-10-6-4-7/h1,3,5H,2,4,6H2,(H,17,18)(H,19,20);7,10H,3-6H2,1-2H3. The van der Waals surface area contributed by atoms with Crippen LogP contribution in [-0.4, -0.2) is 47.0 Å². The van der Waals surface area contributed by atoms with E-state index in [-0.39, 0.29) is 29.5 Å². The molecule has 0 radical (unpaired) electrons. The van der Waals surface area contributed by atoms with Crippen LogP contribution in [-0.2, 0) is 16.0 Å². The van der Waals surface area contributed by atoms with Crippen LogP contribution in [0.1, 0.15) is 38.7 Å². The summed E-state index contributed by atoms with van der Waals surface area (Å²) in [4.78, 5) is 21.9. The van der Waals surface area contributed by atoms with Gasteiger partial charge in [-0.25, -0.2) is 4.39 Å². The highest BCUT2D eigenvalue weighted by molar-refractivity contribution is 8.00.